The summed E-state index contributed by atoms with van der Waals surface area (Å²) in [7, 11) is 0. The van der Waals surface area contributed by atoms with Crippen molar-refractivity contribution in [3.63, 3.8) is 0 Å². The van der Waals surface area contributed by atoms with Crippen LogP contribution >= 0.6 is 11.6 Å². The van der Waals surface area contributed by atoms with Gasteiger partial charge in [-0.1, -0.05) is 29.8 Å². The van der Waals surface area contributed by atoms with Crippen molar-refractivity contribution in [1.29, 1.82) is 0 Å². The Labute approximate surface area is 232 Å². The number of benzene rings is 2. The third kappa shape index (κ3) is 6.35. The largest absolute Gasteiger partial charge is 0.458 e. The van der Waals surface area contributed by atoms with Gasteiger partial charge in [-0.2, -0.15) is 13.2 Å². The maximum atomic E-state index is 12.7. The molecule has 3 heterocycles. The first kappa shape index (κ1) is 27.4. The van der Waals surface area contributed by atoms with Gasteiger partial charge < -0.3 is 19.4 Å². The molecule has 1 saturated heterocycles. The number of amides is 2. The van der Waals surface area contributed by atoms with Gasteiger partial charge in [0, 0.05) is 36.3 Å². The molecule has 0 unspecified atom stereocenters. The van der Waals surface area contributed by atoms with Crippen molar-refractivity contribution in [3.05, 3.63) is 94.5 Å². The minimum atomic E-state index is -4.52. The zero-order chi connectivity index (χ0) is 28.3. The number of ether oxygens (including phenoxy) is 1. The summed E-state index contributed by atoms with van der Waals surface area (Å²) in [5.74, 6) is -0.0203. The number of aromatic nitrogens is 1. The van der Waals surface area contributed by atoms with Gasteiger partial charge in [0.2, 0.25) is 5.91 Å². The molecule has 2 aromatic heterocycles. The molecule has 7 nitrogen and oxygen atoms in total. The molecular weight excluding hydrogens is 547 g/mol. The Bertz CT molecular complexity index is 1560. The fraction of sp³-hybridized carbons (Fsp3) is 0.207. The van der Waals surface area contributed by atoms with E-state index >= 15 is 0 Å². The minimum Gasteiger partial charge on any atom is -0.458 e. The van der Waals surface area contributed by atoms with E-state index in [9.17, 15) is 22.8 Å². The van der Waals surface area contributed by atoms with Gasteiger partial charge >= 0.3 is 6.18 Å². The molecule has 0 saturated carbocycles. The van der Waals surface area contributed by atoms with Gasteiger partial charge in [-0.05, 0) is 59.2 Å². The van der Waals surface area contributed by atoms with Gasteiger partial charge in [0.05, 0.1) is 24.8 Å². The van der Waals surface area contributed by atoms with Crippen molar-refractivity contribution in [2.75, 3.05) is 26.3 Å². The van der Waals surface area contributed by atoms with Crippen LogP contribution in [0.4, 0.5) is 13.2 Å². The average Bonchev–Trinajstić information content (AvgIpc) is 3.39. The van der Waals surface area contributed by atoms with E-state index in [0.29, 0.717) is 53.8 Å². The van der Waals surface area contributed by atoms with Crippen LogP contribution in [-0.4, -0.2) is 48.0 Å². The summed E-state index contributed by atoms with van der Waals surface area (Å²) in [6, 6.07) is 14.8. The van der Waals surface area contributed by atoms with Crippen LogP contribution in [0.15, 0.2) is 71.3 Å². The Morgan fingerprint density at radius 2 is 1.77 bits per heavy atom. The predicted molar refractivity (Wildman–Crippen MR) is 144 cm³/mol. The van der Waals surface area contributed by atoms with Crippen LogP contribution in [0.2, 0.25) is 5.02 Å². The Kier molecular flexibility index (Phi) is 7.90. The van der Waals surface area contributed by atoms with Crippen LogP contribution in [0.3, 0.4) is 0 Å². The number of morpholine rings is 1. The van der Waals surface area contributed by atoms with Crippen LogP contribution in [0.5, 0.6) is 0 Å². The molecule has 0 aliphatic carbocycles. The number of halogens is 4. The van der Waals surface area contributed by atoms with Crippen molar-refractivity contribution in [2.45, 2.75) is 12.7 Å². The molecule has 11 heteroatoms. The van der Waals surface area contributed by atoms with E-state index in [-0.39, 0.29) is 12.5 Å². The highest BCUT2D eigenvalue weighted by Crippen LogP contribution is 2.33. The van der Waals surface area contributed by atoms with Crippen molar-refractivity contribution < 1.29 is 31.9 Å². The van der Waals surface area contributed by atoms with Gasteiger partial charge in [0.25, 0.3) is 5.91 Å². The molecule has 1 aliphatic rings. The van der Waals surface area contributed by atoms with E-state index < -0.39 is 17.8 Å². The molecule has 1 fully saturated rings. The molecule has 0 atom stereocenters. The number of fused-ring (bicyclic) bond motifs is 1. The number of rotatable bonds is 6. The lowest BCUT2D eigenvalue weighted by Gasteiger charge is -2.26. The molecule has 40 heavy (non-hydrogen) atoms. The van der Waals surface area contributed by atoms with Crippen LogP contribution in [-0.2, 0) is 22.3 Å². The third-order valence-electron chi connectivity index (χ3n) is 6.33. The summed E-state index contributed by atoms with van der Waals surface area (Å²) in [5.41, 5.74) is 2.14. The first-order chi connectivity index (χ1) is 19.2. The first-order valence-corrected chi connectivity index (χ1v) is 12.7. The number of hydrogen-bond acceptors (Lipinski definition) is 5. The fourth-order valence-corrected chi connectivity index (χ4v) is 4.51. The number of nitrogens with zero attached hydrogens (tertiary/aromatic N) is 2. The number of carbonyl (C=O) groups excluding carboxylic acids is 2. The monoisotopic (exact) mass is 569 g/mol. The molecule has 0 spiro atoms. The summed E-state index contributed by atoms with van der Waals surface area (Å²) >= 11 is 6.49. The van der Waals surface area contributed by atoms with Gasteiger partial charge in [-0.15, -0.1) is 0 Å². The number of nitrogens with one attached hydrogen (secondary N) is 1. The number of alkyl halides is 3. The van der Waals surface area contributed by atoms with Gasteiger partial charge in [-0.3, -0.25) is 14.6 Å². The Balaban J connectivity index is 1.23. The highest BCUT2D eigenvalue weighted by atomic mass is 35.5. The third-order valence-corrected chi connectivity index (χ3v) is 6.61. The van der Waals surface area contributed by atoms with E-state index in [2.05, 4.69) is 10.3 Å². The van der Waals surface area contributed by atoms with E-state index in [1.54, 1.807) is 29.2 Å². The molecule has 1 N–H and O–H groups in total. The Morgan fingerprint density at radius 3 is 2.45 bits per heavy atom. The average molecular weight is 570 g/mol. The van der Waals surface area contributed by atoms with E-state index in [4.69, 9.17) is 20.8 Å². The zero-order valence-corrected chi connectivity index (χ0v) is 21.8. The molecule has 1 aliphatic heterocycles. The maximum absolute atomic E-state index is 12.7. The second-order valence-electron chi connectivity index (χ2n) is 9.10. The zero-order valence-electron chi connectivity index (χ0n) is 21.0. The predicted octanol–water partition coefficient (Wildman–Crippen LogP) is 5.97. The Hall–Kier alpha value is -4.15. The van der Waals surface area contributed by atoms with Gasteiger partial charge in [0.15, 0.2) is 5.58 Å². The molecule has 5 rings (SSSR count). The Morgan fingerprint density at radius 1 is 1.02 bits per heavy atom. The summed E-state index contributed by atoms with van der Waals surface area (Å²) in [4.78, 5) is 30.1. The second kappa shape index (κ2) is 11.5. The number of pyridine rings is 1. The van der Waals surface area contributed by atoms with Crippen LogP contribution in [0.25, 0.3) is 28.2 Å². The lowest BCUT2D eigenvalue weighted by atomic mass is 10.0. The molecule has 206 valence electrons. The first-order valence-electron chi connectivity index (χ1n) is 12.4. The van der Waals surface area contributed by atoms with E-state index in [0.717, 1.165) is 28.8 Å². The molecule has 2 amide bonds. The van der Waals surface area contributed by atoms with Crippen molar-refractivity contribution in [3.8, 4) is 11.1 Å². The summed E-state index contributed by atoms with van der Waals surface area (Å²) in [6.45, 7) is 2.30. The summed E-state index contributed by atoms with van der Waals surface area (Å²) in [5, 5.41) is 3.81. The standard InChI is InChI=1S/C29H23ClF3N3O4/c30-24-15-21(19-3-5-20(6-4-19)28(38)36-9-11-39-12-10-36)13-22-14-23(40-27(22)24)17-35-26(37)8-2-18-1-7-25(34-16-18)29(31,32)33/h1-8,13-16H,9-12,17H2,(H,35,37). The topological polar surface area (TPSA) is 84.7 Å². The van der Waals surface area contributed by atoms with E-state index in [1.807, 2.05) is 18.2 Å². The minimum absolute atomic E-state index is 0.0317. The molecule has 0 radical (unpaired) electrons. The SMILES string of the molecule is O=C(C=Cc1ccc(C(F)(F)F)nc1)NCc1cc2cc(-c3ccc(C(=O)N4CCOCC4)cc3)cc(Cl)c2o1. The molecule has 4 aromatic rings. The maximum Gasteiger partial charge on any atom is 0.433 e. The second-order valence-corrected chi connectivity index (χ2v) is 9.50. The summed E-state index contributed by atoms with van der Waals surface area (Å²) < 4.78 is 49.0. The molecule has 2 aromatic carbocycles. The van der Waals surface area contributed by atoms with Crippen molar-refractivity contribution in [2.24, 2.45) is 0 Å². The van der Waals surface area contributed by atoms with Crippen molar-refractivity contribution in [1.82, 2.24) is 15.2 Å². The number of furan rings is 1. The van der Waals surface area contributed by atoms with Gasteiger partial charge in [0.1, 0.15) is 11.5 Å². The number of hydrogen-bond donors (Lipinski definition) is 1. The van der Waals surface area contributed by atoms with Crippen LogP contribution in [0, 0.1) is 0 Å². The summed E-state index contributed by atoms with van der Waals surface area (Å²) in [6.07, 6.45) is -0.916. The lowest BCUT2D eigenvalue weighted by Crippen LogP contribution is -2.40. The smallest absolute Gasteiger partial charge is 0.433 e. The number of carbonyl (C=O) groups is 2. The van der Waals surface area contributed by atoms with Crippen molar-refractivity contribution >= 4 is 40.5 Å². The molecular formula is C29H23ClF3N3O4. The normalized spacial score (nSPS) is 14.2. The fourth-order valence-electron chi connectivity index (χ4n) is 4.25. The van der Waals surface area contributed by atoms with Gasteiger partial charge in [-0.25, -0.2) is 0 Å². The highest BCUT2D eigenvalue weighted by molar-refractivity contribution is 6.35. The van der Waals surface area contributed by atoms with Crippen LogP contribution < -0.4 is 5.32 Å². The lowest BCUT2D eigenvalue weighted by molar-refractivity contribution is -0.141. The highest BCUT2D eigenvalue weighted by Gasteiger charge is 2.31. The molecule has 0 bridgehead atoms. The quantitative estimate of drug-likeness (QED) is 0.289. The van der Waals surface area contributed by atoms with Crippen LogP contribution in [0.1, 0.15) is 27.4 Å². The van der Waals surface area contributed by atoms with E-state index in [1.165, 1.54) is 18.2 Å².